The predicted molar refractivity (Wildman–Crippen MR) is 62.3 cm³/mol. The van der Waals surface area contributed by atoms with Crippen LogP contribution in [0.15, 0.2) is 24.3 Å². The van der Waals surface area contributed by atoms with Gasteiger partial charge in [-0.15, -0.1) is 0 Å². The minimum Gasteiger partial charge on any atom is -0.426 e. The summed E-state index contributed by atoms with van der Waals surface area (Å²) >= 11 is 0. The molecule has 1 fully saturated rings. The first-order chi connectivity index (χ1) is 8.15. The Balaban J connectivity index is 1.93. The Morgan fingerprint density at radius 3 is 2.76 bits per heavy atom. The zero-order chi connectivity index (χ0) is 12.3. The second-order valence-corrected chi connectivity index (χ2v) is 4.46. The van der Waals surface area contributed by atoms with Gasteiger partial charge in [-0.1, -0.05) is 6.07 Å². The lowest BCUT2D eigenvalue weighted by molar-refractivity contribution is -0.140. The van der Waals surface area contributed by atoms with E-state index in [0.29, 0.717) is 0 Å². The number of hydrogen-bond acceptors (Lipinski definition) is 3. The van der Waals surface area contributed by atoms with Gasteiger partial charge in [0.15, 0.2) is 0 Å². The van der Waals surface area contributed by atoms with E-state index in [0.717, 1.165) is 25.9 Å². The van der Waals surface area contributed by atoms with Crippen LogP contribution < -0.4 is 4.74 Å². The van der Waals surface area contributed by atoms with Crippen molar-refractivity contribution >= 4 is 5.97 Å². The van der Waals surface area contributed by atoms with E-state index >= 15 is 0 Å². The minimum absolute atomic E-state index is 0.0607. The highest BCUT2D eigenvalue weighted by molar-refractivity contribution is 5.75. The molecule has 17 heavy (non-hydrogen) atoms. The van der Waals surface area contributed by atoms with E-state index in [-0.39, 0.29) is 17.6 Å². The number of ether oxygens (including phenoxy) is 1. The van der Waals surface area contributed by atoms with Crippen molar-refractivity contribution in [3.8, 4) is 5.75 Å². The molecule has 1 aromatic carbocycles. The molecule has 0 aromatic heterocycles. The number of halogens is 1. The van der Waals surface area contributed by atoms with Crippen LogP contribution in [0.4, 0.5) is 4.39 Å². The topological polar surface area (TPSA) is 29.5 Å². The van der Waals surface area contributed by atoms with Crippen LogP contribution in [0.25, 0.3) is 0 Å². The molecule has 1 aliphatic heterocycles. The van der Waals surface area contributed by atoms with Crippen LogP contribution in [0.5, 0.6) is 5.75 Å². The number of carbonyl (C=O) groups is 1. The first-order valence-electron chi connectivity index (χ1n) is 5.81. The van der Waals surface area contributed by atoms with Crippen LogP contribution in [-0.4, -0.2) is 31.0 Å². The second kappa shape index (κ2) is 5.27. The molecule has 0 saturated carbocycles. The van der Waals surface area contributed by atoms with E-state index in [9.17, 15) is 9.18 Å². The predicted octanol–water partition coefficient (Wildman–Crippen LogP) is 2.07. The Morgan fingerprint density at radius 2 is 2.12 bits per heavy atom. The average Bonchev–Trinajstić information content (AvgIpc) is 2.29. The second-order valence-electron chi connectivity index (χ2n) is 4.46. The van der Waals surface area contributed by atoms with Gasteiger partial charge in [0.05, 0.1) is 5.92 Å². The molecule has 0 amide bonds. The highest BCUT2D eigenvalue weighted by Gasteiger charge is 2.25. The van der Waals surface area contributed by atoms with Gasteiger partial charge in [0.2, 0.25) is 0 Å². The Hall–Kier alpha value is -1.42. The van der Waals surface area contributed by atoms with E-state index in [1.807, 2.05) is 7.05 Å². The molecular weight excluding hydrogens is 221 g/mol. The molecular formula is C13H16FNO2. The minimum atomic E-state index is -0.390. The third-order valence-electron chi connectivity index (χ3n) is 3.07. The number of piperidine rings is 1. The molecule has 4 heteroatoms. The summed E-state index contributed by atoms with van der Waals surface area (Å²) in [5.74, 6) is -0.411. The highest BCUT2D eigenvalue weighted by atomic mass is 19.1. The van der Waals surface area contributed by atoms with Gasteiger partial charge in [0.25, 0.3) is 0 Å². The first-order valence-corrected chi connectivity index (χ1v) is 5.81. The Kier molecular flexibility index (Phi) is 3.74. The molecule has 3 nitrogen and oxygen atoms in total. The van der Waals surface area contributed by atoms with Gasteiger partial charge >= 0.3 is 5.97 Å². The summed E-state index contributed by atoms with van der Waals surface area (Å²) in [7, 11) is 2.04. The van der Waals surface area contributed by atoms with Gasteiger partial charge < -0.3 is 9.64 Å². The molecule has 0 radical (unpaired) electrons. The van der Waals surface area contributed by atoms with Crippen molar-refractivity contribution in [3.63, 3.8) is 0 Å². The smallest absolute Gasteiger partial charge is 0.314 e. The van der Waals surface area contributed by atoms with Gasteiger partial charge in [-0.05, 0) is 45.1 Å². The van der Waals surface area contributed by atoms with E-state index in [2.05, 4.69) is 4.90 Å². The van der Waals surface area contributed by atoms with Crippen molar-refractivity contribution in [2.45, 2.75) is 12.8 Å². The molecule has 0 bridgehead atoms. The number of hydrogen-bond donors (Lipinski definition) is 0. The SMILES string of the molecule is CN1CCC(C(=O)Oc2cccc(F)c2)CC1. The molecule has 0 atom stereocenters. The van der Waals surface area contributed by atoms with Crippen LogP contribution in [0.2, 0.25) is 0 Å². The van der Waals surface area contributed by atoms with Crippen molar-refractivity contribution in [2.24, 2.45) is 5.92 Å². The summed E-state index contributed by atoms with van der Waals surface area (Å²) in [6, 6.07) is 5.68. The van der Waals surface area contributed by atoms with Crippen LogP contribution in [0.3, 0.4) is 0 Å². The molecule has 0 spiro atoms. The fourth-order valence-corrected chi connectivity index (χ4v) is 1.97. The van der Waals surface area contributed by atoms with Crippen molar-refractivity contribution in [1.29, 1.82) is 0 Å². The molecule has 0 unspecified atom stereocenters. The van der Waals surface area contributed by atoms with Gasteiger partial charge in [-0.25, -0.2) is 4.39 Å². The monoisotopic (exact) mass is 237 g/mol. The van der Waals surface area contributed by atoms with Crippen LogP contribution in [0, 0.1) is 11.7 Å². The molecule has 1 aliphatic rings. The summed E-state index contributed by atoms with van der Waals surface area (Å²) in [4.78, 5) is 14.0. The van der Waals surface area contributed by atoms with Crippen molar-refractivity contribution < 1.29 is 13.9 Å². The number of carbonyl (C=O) groups excluding carboxylic acids is 1. The maximum Gasteiger partial charge on any atom is 0.314 e. The van der Waals surface area contributed by atoms with Gasteiger partial charge in [-0.3, -0.25) is 4.79 Å². The number of esters is 1. The zero-order valence-electron chi connectivity index (χ0n) is 9.86. The maximum atomic E-state index is 12.9. The van der Waals surface area contributed by atoms with Crippen LogP contribution in [-0.2, 0) is 4.79 Å². The van der Waals surface area contributed by atoms with Gasteiger partial charge in [0.1, 0.15) is 11.6 Å². The quantitative estimate of drug-likeness (QED) is 0.582. The molecule has 0 aliphatic carbocycles. The largest absolute Gasteiger partial charge is 0.426 e. The van der Waals surface area contributed by atoms with Crippen LogP contribution in [0.1, 0.15) is 12.8 Å². The average molecular weight is 237 g/mol. The molecule has 1 aromatic rings. The van der Waals surface area contributed by atoms with E-state index in [1.54, 1.807) is 6.07 Å². The molecule has 2 rings (SSSR count). The molecule has 92 valence electrons. The third-order valence-corrected chi connectivity index (χ3v) is 3.07. The lowest BCUT2D eigenvalue weighted by atomic mass is 9.97. The standard InChI is InChI=1S/C13H16FNO2/c1-15-7-5-10(6-8-15)13(16)17-12-4-2-3-11(14)9-12/h2-4,9-10H,5-8H2,1H3. The van der Waals surface area contributed by atoms with Gasteiger partial charge in [0, 0.05) is 6.07 Å². The van der Waals surface area contributed by atoms with Gasteiger partial charge in [-0.2, -0.15) is 0 Å². The zero-order valence-corrected chi connectivity index (χ0v) is 9.86. The number of rotatable bonds is 2. The lowest BCUT2D eigenvalue weighted by Crippen LogP contribution is -2.35. The maximum absolute atomic E-state index is 12.9. The van der Waals surface area contributed by atoms with E-state index < -0.39 is 5.82 Å². The Labute approximate surface area is 100 Å². The summed E-state index contributed by atoms with van der Waals surface area (Å²) in [5.41, 5.74) is 0. The lowest BCUT2D eigenvalue weighted by Gasteiger charge is -2.27. The fourth-order valence-electron chi connectivity index (χ4n) is 1.97. The molecule has 1 heterocycles. The Bertz CT molecular complexity index is 400. The first kappa shape index (κ1) is 12.0. The summed E-state index contributed by atoms with van der Waals surface area (Å²) < 4.78 is 18.1. The summed E-state index contributed by atoms with van der Waals surface area (Å²) in [5, 5.41) is 0. The number of likely N-dealkylation sites (tertiary alicyclic amines) is 1. The fraction of sp³-hybridized carbons (Fsp3) is 0.462. The summed E-state index contributed by atoms with van der Waals surface area (Å²) in [6.07, 6.45) is 1.62. The van der Waals surface area contributed by atoms with E-state index in [1.165, 1.54) is 18.2 Å². The Morgan fingerprint density at radius 1 is 1.41 bits per heavy atom. The van der Waals surface area contributed by atoms with Crippen molar-refractivity contribution in [3.05, 3.63) is 30.1 Å². The highest BCUT2D eigenvalue weighted by Crippen LogP contribution is 2.20. The summed E-state index contributed by atoms with van der Waals surface area (Å²) in [6.45, 7) is 1.81. The van der Waals surface area contributed by atoms with Crippen molar-refractivity contribution in [2.75, 3.05) is 20.1 Å². The van der Waals surface area contributed by atoms with Crippen molar-refractivity contribution in [1.82, 2.24) is 4.90 Å². The third kappa shape index (κ3) is 3.27. The van der Waals surface area contributed by atoms with Crippen LogP contribution >= 0.6 is 0 Å². The molecule has 1 saturated heterocycles. The number of benzene rings is 1. The normalized spacial score (nSPS) is 18.0. The van der Waals surface area contributed by atoms with E-state index in [4.69, 9.17) is 4.74 Å². The number of nitrogens with zero attached hydrogens (tertiary/aromatic N) is 1. The molecule has 0 N–H and O–H groups in total.